The zero-order chi connectivity index (χ0) is 14.5. The Morgan fingerprint density at radius 1 is 1.30 bits per heavy atom. The van der Waals surface area contributed by atoms with E-state index in [9.17, 15) is 0 Å². The van der Waals surface area contributed by atoms with Crippen molar-refractivity contribution in [1.29, 1.82) is 0 Å². The van der Waals surface area contributed by atoms with Crippen LogP contribution in [0.4, 0.5) is 11.7 Å². The summed E-state index contributed by atoms with van der Waals surface area (Å²) >= 11 is 6.14. The predicted octanol–water partition coefficient (Wildman–Crippen LogP) is 3.52. The first-order valence-corrected chi connectivity index (χ1v) is 6.98. The van der Waals surface area contributed by atoms with Gasteiger partial charge in [-0.1, -0.05) is 36.6 Å². The predicted molar refractivity (Wildman–Crippen MR) is 80.3 cm³/mol. The van der Waals surface area contributed by atoms with Crippen molar-refractivity contribution in [3.8, 4) is 0 Å². The molecule has 0 saturated carbocycles. The van der Waals surface area contributed by atoms with E-state index in [1.807, 2.05) is 25.1 Å². The number of rotatable bonds is 6. The first-order valence-electron chi connectivity index (χ1n) is 6.61. The van der Waals surface area contributed by atoms with Gasteiger partial charge in [-0.05, 0) is 37.1 Å². The van der Waals surface area contributed by atoms with Crippen molar-refractivity contribution in [2.45, 2.75) is 27.3 Å². The second kappa shape index (κ2) is 6.72. The maximum absolute atomic E-state index is 6.14. The lowest BCUT2D eigenvalue weighted by molar-refractivity contribution is 0.460. The molecule has 5 nitrogen and oxygen atoms in total. The molecule has 1 aromatic heterocycles. The van der Waals surface area contributed by atoms with Gasteiger partial charge in [0.1, 0.15) is 0 Å². The zero-order valence-corrected chi connectivity index (χ0v) is 12.7. The SMILES string of the molecule is Cc1ccc(Nc2nnc(CNCC(C)C)o2)c(Cl)c1. The molecule has 108 valence electrons. The summed E-state index contributed by atoms with van der Waals surface area (Å²) in [5.74, 6) is 1.14. The van der Waals surface area contributed by atoms with Gasteiger partial charge in [0.25, 0.3) is 0 Å². The van der Waals surface area contributed by atoms with Gasteiger partial charge in [0.15, 0.2) is 0 Å². The lowest BCUT2D eigenvalue weighted by atomic mass is 10.2. The molecule has 0 fully saturated rings. The summed E-state index contributed by atoms with van der Waals surface area (Å²) in [6, 6.07) is 6.08. The molecule has 0 spiro atoms. The second-order valence-electron chi connectivity index (χ2n) is 5.13. The first kappa shape index (κ1) is 14.8. The quantitative estimate of drug-likeness (QED) is 0.853. The van der Waals surface area contributed by atoms with Gasteiger partial charge in [0.05, 0.1) is 17.3 Å². The molecule has 0 bridgehead atoms. The lowest BCUT2D eigenvalue weighted by Gasteiger charge is -2.05. The molecule has 6 heteroatoms. The van der Waals surface area contributed by atoms with E-state index < -0.39 is 0 Å². The largest absolute Gasteiger partial charge is 0.406 e. The monoisotopic (exact) mass is 294 g/mol. The van der Waals surface area contributed by atoms with E-state index in [4.69, 9.17) is 16.0 Å². The average molecular weight is 295 g/mol. The summed E-state index contributed by atoms with van der Waals surface area (Å²) in [6.07, 6.45) is 0. The van der Waals surface area contributed by atoms with E-state index in [0.29, 0.717) is 29.4 Å². The van der Waals surface area contributed by atoms with Gasteiger partial charge in [-0.3, -0.25) is 0 Å². The van der Waals surface area contributed by atoms with Gasteiger partial charge < -0.3 is 15.1 Å². The Labute approximate surface area is 123 Å². The van der Waals surface area contributed by atoms with Crippen LogP contribution in [-0.2, 0) is 6.54 Å². The summed E-state index contributed by atoms with van der Waals surface area (Å²) in [6.45, 7) is 7.75. The van der Waals surface area contributed by atoms with Crippen molar-refractivity contribution in [2.24, 2.45) is 5.92 Å². The van der Waals surface area contributed by atoms with Gasteiger partial charge in [0.2, 0.25) is 5.89 Å². The van der Waals surface area contributed by atoms with Crippen molar-refractivity contribution >= 4 is 23.3 Å². The molecule has 0 radical (unpaired) electrons. The fraction of sp³-hybridized carbons (Fsp3) is 0.429. The Bertz CT molecular complexity index is 568. The molecule has 0 unspecified atom stereocenters. The average Bonchev–Trinajstić information content (AvgIpc) is 2.80. The minimum absolute atomic E-state index is 0.345. The van der Waals surface area contributed by atoms with E-state index in [1.165, 1.54) is 0 Å². The Morgan fingerprint density at radius 2 is 2.10 bits per heavy atom. The maximum atomic E-state index is 6.14. The van der Waals surface area contributed by atoms with Crippen LogP contribution in [0.15, 0.2) is 22.6 Å². The van der Waals surface area contributed by atoms with Gasteiger partial charge in [-0.15, -0.1) is 5.10 Å². The van der Waals surface area contributed by atoms with Crippen LogP contribution < -0.4 is 10.6 Å². The molecule has 20 heavy (non-hydrogen) atoms. The summed E-state index contributed by atoms with van der Waals surface area (Å²) in [4.78, 5) is 0. The number of aromatic nitrogens is 2. The fourth-order valence-corrected chi connectivity index (χ4v) is 1.96. The molecule has 0 amide bonds. The molecule has 0 aliphatic carbocycles. The van der Waals surface area contributed by atoms with Crippen LogP contribution in [-0.4, -0.2) is 16.7 Å². The molecular formula is C14H19ClN4O. The number of hydrogen-bond donors (Lipinski definition) is 2. The molecule has 1 aromatic carbocycles. The highest BCUT2D eigenvalue weighted by atomic mass is 35.5. The normalized spacial score (nSPS) is 11.1. The van der Waals surface area contributed by atoms with Crippen molar-refractivity contribution in [3.05, 3.63) is 34.7 Å². The fourth-order valence-electron chi connectivity index (χ4n) is 1.68. The first-order chi connectivity index (χ1) is 9.54. The Kier molecular flexibility index (Phi) is 4.98. The topological polar surface area (TPSA) is 63.0 Å². The Hall–Kier alpha value is -1.59. The van der Waals surface area contributed by atoms with Crippen molar-refractivity contribution in [2.75, 3.05) is 11.9 Å². The third-order valence-corrected chi connectivity index (χ3v) is 2.97. The minimum atomic E-state index is 0.345. The molecule has 0 atom stereocenters. The maximum Gasteiger partial charge on any atom is 0.320 e. The van der Waals surface area contributed by atoms with E-state index in [0.717, 1.165) is 17.8 Å². The smallest absolute Gasteiger partial charge is 0.320 e. The molecule has 0 aliphatic heterocycles. The number of benzene rings is 1. The van der Waals surface area contributed by atoms with Crippen LogP contribution in [0.2, 0.25) is 5.02 Å². The standard InChI is InChI=1S/C14H19ClN4O/c1-9(2)7-16-8-13-18-19-14(20-13)17-12-5-4-10(3)6-11(12)15/h4-6,9,16H,7-8H2,1-3H3,(H,17,19). The van der Waals surface area contributed by atoms with Gasteiger partial charge in [-0.2, -0.15) is 0 Å². The summed E-state index contributed by atoms with van der Waals surface area (Å²) in [7, 11) is 0. The van der Waals surface area contributed by atoms with E-state index >= 15 is 0 Å². The molecule has 0 aliphatic rings. The number of nitrogens with one attached hydrogen (secondary N) is 2. The van der Waals surface area contributed by atoms with Crippen LogP contribution in [0.25, 0.3) is 0 Å². The van der Waals surface area contributed by atoms with E-state index in [2.05, 4.69) is 34.7 Å². The van der Waals surface area contributed by atoms with Crippen molar-refractivity contribution in [3.63, 3.8) is 0 Å². The molecule has 1 heterocycles. The number of hydrogen-bond acceptors (Lipinski definition) is 5. The summed E-state index contributed by atoms with van der Waals surface area (Å²) < 4.78 is 5.50. The molecule has 2 rings (SSSR count). The van der Waals surface area contributed by atoms with Gasteiger partial charge in [0, 0.05) is 0 Å². The number of halogens is 1. The van der Waals surface area contributed by atoms with Crippen LogP contribution in [0.3, 0.4) is 0 Å². The highest BCUT2D eigenvalue weighted by Crippen LogP contribution is 2.25. The Balaban J connectivity index is 1.95. The molecule has 2 N–H and O–H groups in total. The van der Waals surface area contributed by atoms with Gasteiger partial charge >= 0.3 is 6.01 Å². The minimum Gasteiger partial charge on any atom is -0.406 e. The number of aryl methyl sites for hydroxylation is 1. The van der Waals surface area contributed by atoms with Crippen LogP contribution in [0, 0.1) is 12.8 Å². The van der Waals surface area contributed by atoms with E-state index in [1.54, 1.807) is 0 Å². The van der Waals surface area contributed by atoms with Crippen LogP contribution in [0.1, 0.15) is 25.3 Å². The number of anilines is 2. The molecular weight excluding hydrogens is 276 g/mol. The van der Waals surface area contributed by atoms with Crippen molar-refractivity contribution < 1.29 is 4.42 Å². The molecule has 0 saturated heterocycles. The molecule has 2 aromatic rings. The third-order valence-electron chi connectivity index (χ3n) is 2.66. The van der Waals surface area contributed by atoms with Crippen molar-refractivity contribution in [1.82, 2.24) is 15.5 Å². The van der Waals surface area contributed by atoms with Crippen LogP contribution >= 0.6 is 11.6 Å². The second-order valence-corrected chi connectivity index (χ2v) is 5.54. The van der Waals surface area contributed by atoms with E-state index in [-0.39, 0.29) is 0 Å². The highest BCUT2D eigenvalue weighted by Gasteiger charge is 2.08. The Morgan fingerprint density at radius 3 is 2.80 bits per heavy atom. The number of nitrogens with zero attached hydrogens (tertiary/aromatic N) is 2. The van der Waals surface area contributed by atoms with Gasteiger partial charge in [-0.25, -0.2) is 0 Å². The summed E-state index contributed by atoms with van der Waals surface area (Å²) in [5.41, 5.74) is 1.85. The zero-order valence-electron chi connectivity index (χ0n) is 11.9. The van der Waals surface area contributed by atoms with Crippen LogP contribution in [0.5, 0.6) is 0 Å². The lowest BCUT2D eigenvalue weighted by Crippen LogP contribution is -2.19. The summed E-state index contributed by atoms with van der Waals surface area (Å²) in [5, 5.41) is 14.8. The third kappa shape index (κ3) is 4.21. The highest BCUT2D eigenvalue weighted by molar-refractivity contribution is 6.33.